The second kappa shape index (κ2) is 7.09. The van der Waals surface area contributed by atoms with Crippen LogP contribution in [0.25, 0.3) is 0 Å². The lowest BCUT2D eigenvalue weighted by Crippen LogP contribution is -2.32. The summed E-state index contributed by atoms with van der Waals surface area (Å²) in [5.74, 6) is 3.24. The molecule has 0 unspecified atom stereocenters. The maximum Gasteiger partial charge on any atom is 0.135 e. The Bertz CT molecular complexity index is 392. The zero-order chi connectivity index (χ0) is 14.6. The van der Waals surface area contributed by atoms with Crippen LogP contribution in [0.2, 0.25) is 5.15 Å². The lowest BCUT2D eigenvalue weighted by Gasteiger charge is -2.28. The molecule has 0 N–H and O–H groups in total. The molecule has 0 aromatic carbocycles. The highest BCUT2D eigenvalue weighted by Gasteiger charge is 2.15. The van der Waals surface area contributed by atoms with Gasteiger partial charge < -0.3 is 4.90 Å². The Hall–Kier alpha value is -0.830. The monoisotopic (exact) mass is 283 g/mol. The van der Waals surface area contributed by atoms with E-state index in [1.807, 2.05) is 6.07 Å². The summed E-state index contributed by atoms with van der Waals surface area (Å²) in [6.45, 7) is 15.0. The fourth-order valence-electron chi connectivity index (χ4n) is 1.99. The summed E-state index contributed by atoms with van der Waals surface area (Å²) in [6.07, 6.45) is 0. The summed E-state index contributed by atoms with van der Waals surface area (Å²) in [5.41, 5.74) is 0. The summed E-state index contributed by atoms with van der Waals surface area (Å²) in [7, 11) is 0. The predicted octanol–water partition coefficient (Wildman–Crippen LogP) is 4.37. The quantitative estimate of drug-likeness (QED) is 0.726. The zero-order valence-corrected chi connectivity index (χ0v) is 13.7. The molecular weight excluding hydrogens is 258 g/mol. The van der Waals surface area contributed by atoms with Crippen LogP contribution in [0.4, 0.5) is 5.82 Å². The number of hydrogen-bond acceptors (Lipinski definition) is 3. The predicted molar refractivity (Wildman–Crippen MR) is 83.0 cm³/mol. The molecule has 0 saturated carbocycles. The molecule has 1 aromatic rings. The maximum absolute atomic E-state index is 6.13. The second-order valence-corrected chi connectivity index (χ2v) is 6.64. The van der Waals surface area contributed by atoms with E-state index in [2.05, 4.69) is 56.4 Å². The lowest BCUT2D eigenvalue weighted by molar-refractivity contribution is 0.547. The summed E-state index contributed by atoms with van der Waals surface area (Å²) in [5, 5.41) is 0.534. The molecule has 1 heterocycles. The van der Waals surface area contributed by atoms with E-state index < -0.39 is 0 Å². The SMILES string of the molecule is CC(C)CN(CC(C)C)c1cc(Cl)nc(C(C)C)n1. The molecule has 0 aliphatic carbocycles. The molecule has 19 heavy (non-hydrogen) atoms. The van der Waals surface area contributed by atoms with Gasteiger partial charge in [0.25, 0.3) is 0 Å². The number of rotatable bonds is 6. The van der Waals surface area contributed by atoms with Crippen LogP contribution in [0.3, 0.4) is 0 Å². The molecule has 0 fully saturated rings. The molecule has 1 aromatic heterocycles. The van der Waals surface area contributed by atoms with E-state index in [0.717, 1.165) is 24.7 Å². The van der Waals surface area contributed by atoms with Crippen molar-refractivity contribution in [1.82, 2.24) is 9.97 Å². The Morgan fingerprint density at radius 3 is 1.95 bits per heavy atom. The van der Waals surface area contributed by atoms with Crippen LogP contribution in [0.15, 0.2) is 6.07 Å². The van der Waals surface area contributed by atoms with Crippen LogP contribution in [0.1, 0.15) is 53.3 Å². The van der Waals surface area contributed by atoms with Crippen molar-refractivity contribution in [2.24, 2.45) is 11.8 Å². The highest BCUT2D eigenvalue weighted by atomic mass is 35.5. The number of aromatic nitrogens is 2. The van der Waals surface area contributed by atoms with Crippen molar-refractivity contribution < 1.29 is 0 Å². The zero-order valence-electron chi connectivity index (χ0n) is 12.9. The Balaban J connectivity index is 3.06. The molecule has 0 aliphatic rings. The average Bonchev–Trinajstić information content (AvgIpc) is 2.25. The summed E-state index contributed by atoms with van der Waals surface area (Å²) in [6, 6.07) is 1.87. The fraction of sp³-hybridized carbons (Fsp3) is 0.733. The molecule has 0 radical (unpaired) electrons. The minimum Gasteiger partial charge on any atom is -0.356 e. The number of nitrogens with zero attached hydrogens (tertiary/aromatic N) is 3. The van der Waals surface area contributed by atoms with Gasteiger partial charge in [0.15, 0.2) is 0 Å². The van der Waals surface area contributed by atoms with Crippen LogP contribution in [-0.4, -0.2) is 23.1 Å². The van der Waals surface area contributed by atoms with Crippen molar-refractivity contribution in [3.63, 3.8) is 0 Å². The maximum atomic E-state index is 6.13. The Morgan fingerprint density at radius 2 is 1.53 bits per heavy atom. The van der Waals surface area contributed by atoms with Crippen LogP contribution < -0.4 is 4.90 Å². The molecule has 0 aliphatic heterocycles. The van der Waals surface area contributed by atoms with Crippen molar-refractivity contribution in [1.29, 1.82) is 0 Å². The van der Waals surface area contributed by atoms with Crippen molar-refractivity contribution in [3.8, 4) is 0 Å². The molecular formula is C15H26ClN3. The lowest BCUT2D eigenvalue weighted by atomic mass is 10.1. The second-order valence-electron chi connectivity index (χ2n) is 6.25. The van der Waals surface area contributed by atoms with Gasteiger partial charge in [-0.1, -0.05) is 53.1 Å². The van der Waals surface area contributed by atoms with Crippen molar-refractivity contribution in [2.75, 3.05) is 18.0 Å². The van der Waals surface area contributed by atoms with Crippen molar-refractivity contribution in [2.45, 2.75) is 47.5 Å². The largest absolute Gasteiger partial charge is 0.356 e. The highest BCUT2D eigenvalue weighted by molar-refractivity contribution is 6.29. The van der Waals surface area contributed by atoms with Gasteiger partial charge in [0.1, 0.15) is 16.8 Å². The first-order valence-corrected chi connectivity index (χ1v) is 7.46. The summed E-state index contributed by atoms with van der Waals surface area (Å²) in [4.78, 5) is 11.3. The summed E-state index contributed by atoms with van der Waals surface area (Å²) >= 11 is 6.13. The molecule has 4 heteroatoms. The molecule has 0 bridgehead atoms. The van der Waals surface area contributed by atoms with Crippen molar-refractivity contribution in [3.05, 3.63) is 17.0 Å². The Morgan fingerprint density at radius 1 is 1.00 bits per heavy atom. The average molecular weight is 284 g/mol. The fourth-order valence-corrected chi connectivity index (χ4v) is 2.17. The minimum atomic E-state index is 0.289. The molecule has 0 amide bonds. The van der Waals surface area contributed by atoms with Crippen LogP contribution in [0.5, 0.6) is 0 Å². The minimum absolute atomic E-state index is 0.289. The van der Waals surface area contributed by atoms with E-state index in [-0.39, 0.29) is 5.92 Å². The topological polar surface area (TPSA) is 29.0 Å². The Labute approximate surface area is 122 Å². The van der Waals surface area contributed by atoms with Gasteiger partial charge in [0.2, 0.25) is 0 Å². The summed E-state index contributed by atoms with van der Waals surface area (Å²) < 4.78 is 0. The van der Waals surface area contributed by atoms with E-state index in [1.54, 1.807) is 0 Å². The first kappa shape index (κ1) is 16.2. The highest BCUT2D eigenvalue weighted by Crippen LogP contribution is 2.21. The van der Waals surface area contributed by atoms with Gasteiger partial charge in [0, 0.05) is 25.1 Å². The third-order valence-electron chi connectivity index (χ3n) is 2.71. The molecule has 3 nitrogen and oxygen atoms in total. The van der Waals surface area contributed by atoms with E-state index in [9.17, 15) is 0 Å². The normalized spacial score (nSPS) is 11.7. The molecule has 0 spiro atoms. The van der Waals surface area contributed by atoms with Gasteiger partial charge in [-0.25, -0.2) is 9.97 Å². The van der Waals surface area contributed by atoms with Crippen LogP contribution in [0, 0.1) is 11.8 Å². The smallest absolute Gasteiger partial charge is 0.135 e. The number of hydrogen-bond donors (Lipinski definition) is 0. The molecule has 108 valence electrons. The third-order valence-corrected chi connectivity index (χ3v) is 2.90. The molecule has 1 rings (SSSR count). The van der Waals surface area contributed by atoms with E-state index in [1.165, 1.54) is 0 Å². The first-order chi connectivity index (χ1) is 8.79. The number of anilines is 1. The Kier molecular flexibility index (Phi) is 6.05. The van der Waals surface area contributed by atoms with Crippen LogP contribution in [-0.2, 0) is 0 Å². The van der Waals surface area contributed by atoms with Gasteiger partial charge in [-0.05, 0) is 11.8 Å². The van der Waals surface area contributed by atoms with Crippen LogP contribution >= 0.6 is 11.6 Å². The van der Waals surface area contributed by atoms with Gasteiger partial charge in [-0.3, -0.25) is 0 Å². The third kappa shape index (κ3) is 5.35. The van der Waals surface area contributed by atoms with Gasteiger partial charge in [0.05, 0.1) is 0 Å². The van der Waals surface area contributed by atoms with E-state index in [0.29, 0.717) is 17.0 Å². The van der Waals surface area contributed by atoms with E-state index >= 15 is 0 Å². The first-order valence-electron chi connectivity index (χ1n) is 7.09. The van der Waals surface area contributed by atoms with E-state index in [4.69, 9.17) is 11.6 Å². The standard InChI is InChI=1S/C15H26ClN3/c1-10(2)8-19(9-11(3)4)14-7-13(16)17-15(18-14)12(5)6/h7,10-12H,8-9H2,1-6H3. The number of halogens is 1. The van der Waals surface area contributed by atoms with Crippen molar-refractivity contribution >= 4 is 17.4 Å². The van der Waals surface area contributed by atoms with Gasteiger partial charge in [-0.2, -0.15) is 0 Å². The molecule has 0 saturated heterocycles. The molecule has 0 atom stereocenters. The van der Waals surface area contributed by atoms with Gasteiger partial charge >= 0.3 is 0 Å². The van der Waals surface area contributed by atoms with Gasteiger partial charge in [-0.15, -0.1) is 0 Å².